The van der Waals surface area contributed by atoms with E-state index in [1.807, 2.05) is 30.2 Å². The quantitative estimate of drug-likeness (QED) is 0.612. The average molecular weight is 445 g/mol. The van der Waals surface area contributed by atoms with Crippen molar-refractivity contribution in [2.45, 2.75) is 33.1 Å². The van der Waals surface area contributed by atoms with Gasteiger partial charge in [0.2, 0.25) is 5.91 Å². The summed E-state index contributed by atoms with van der Waals surface area (Å²) in [6.07, 6.45) is 8.54. The maximum Gasteiger partial charge on any atom is 0.219 e. The molecule has 170 valence electrons. The lowest BCUT2D eigenvalue weighted by Gasteiger charge is -2.40. The second-order valence-corrected chi connectivity index (χ2v) is 9.11. The zero-order chi connectivity index (χ0) is 23.0. The fraction of sp³-hybridized carbons (Fsp3) is 0.440. The van der Waals surface area contributed by atoms with Gasteiger partial charge in [-0.2, -0.15) is 10.4 Å². The molecule has 0 aliphatic carbocycles. The number of ether oxygens (including phenoxy) is 1. The maximum absolute atomic E-state index is 11.9. The maximum atomic E-state index is 11.9. The zero-order valence-corrected chi connectivity index (χ0v) is 19.1. The second kappa shape index (κ2) is 8.39. The number of rotatable bonds is 4. The van der Waals surface area contributed by atoms with Crippen molar-refractivity contribution >= 4 is 17.2 Å². The van der Waals surface area contributed by atoms with Gasteiger partial charge in [0, 0.05) is 55.8 Å². The first-order chi connectivity index (χ1) is 16.0. The van der Waals surface area contributed by atoms with E-state index >= 15 is 0 Å². The average Bonchev–Trinajstić information content (AvgIpc) is 3.43. The van der Waals surface area contributed by atoms with Crippen LogP contribution in [-0.4, -0.2) is 58.2 Å². The number of aromatic nitrogens is 3. The summed E-state index contributed by atoms with van der Waals surface area (Å²) in [5, 5.41) is 13.9. The lowest BCUT2D eigenvalue weighted by atomic mass is 9.79. The van der Waals surface area contributed by atoms with Crippen LogP contribution in [0.25, 0.3) is 16.6 Å². The molecular formula is C25H28N6O2. The van der Waals surface area contributed by atoms with E-state index in [9.17, 15) is 10.1 Å². The summed E-state index contributed by atoms with van der Waals surface area (Å²) >= 11 is 0. The molecule has 2 aliphatic heterocycles. The Labute approximate surface area is 193 Å². The summed E-state index contributed by atoms with van der Waals surface area (Å²) in [7, 11) is 0. The number of hydrogen-bond donors (Lipinski definition) is 0. The van der Waals surface area contributed by atoms with E-state index in [1.54, 1.807) is 23.8 Å². The molecule has 8 heteroatoms. The molecule has 33 heavy (non-hydrogen) atoms. The van der Waals surface area contributed by atoms with E-state index in [1.165, 1.54) is 0 Å². The number of nitriles is 1. The van der Waals surface area contributed by atoms with Crippen molar-refractivity contribution in [2.75, 3.05) is 37.7 Å². The largest absolute Gasteiger partial charge is 0.492 e. The van der Waals surface area contributed by atoms with Crippen molar-refractivity contribution in [3.05, 3.63) is 42.4 Å². The third-order valence-corrected chi connectivity index (χ3v) is 6.95. The van der Waals surface area contributed by atoms with Gasteiger partial charge in [-0.25, -0.2) is 9.50 Å². The molecule has 3 aromatic heterocycles. The highest BCUT2D eigenvalue weighted by molar-refractivity contribution is 5.85. The highest BCUT2D eigenvalue weighted by atomic mass is 16.5. The Kier molecular flexibility index (Phi) is 5.41. The number of carbonyl (C=O) groups excluding carboxylic acids is 1. The molecule has 0 aromatic carbocycles. The van der Waals surface area contributed by atoms with Crippen molar-refractivity contribution in [1.82, 2.24) is 19.5 Å². The van der Waals surface area contributed by atoms with Crippen LogP contribution in [0.2, 0.25) is 0 Å². The number of amides is 1. The monoisotopic (exact) mass is 444 g/mol. The number of piperidine rings is 1. The van der Waals surface area contributed by atoms with Gasteiger partial charge in [-0.15, -0.1) is 0 Å². The smallest absolute Gasteiger partial charge is 0.219 e. The minimum absolute atomic E-state index is 0.168. The van der Waals surface area contributed by atoms with E-state index in [4.69, 9.17) is 9.72 Å². The SMILES string of the molecule is CCOc1cc(-c2ccc(N3CCC4(CCCN(C(C)=O)C4)C3)nc2)c2c(C#N)cnn2c1. The molecule has 2 saturated heterocycles. The fourth-order valence-electron chi connectivity index (χ4n) is 5.32. The number of fused-ring (bicyclic) bond motifs is 1. The molecule has 8 nitrogen and oxygen atoms in total. The Morgan fingerprint density at radius 3 is 2.85 bits per heavy atom. The van der Waals surface area contributed by atoms with Crippen LogP contribution in [0, 0.1) is 16.7 Å². The Bertz CT molecular complexity index is 1230. The molecule has 0 bridgehead atoms. The van der Waals surface area contributed by atoms with Crippen molar-refractivity contribution in [3.8, 4) is 22.9 Å². The van der Waals surface area contributed by atoms with E-state index in [2.05, 4.69) is 22.1 Å². The van der Waals surface area contributed by atoms with Gasteiger partial charge in [0.1, 0.15) is 17.6 Å². The summed E-state index contributed by atoms with van der Waals surface area (Å²) in [4.78, 5) is 21.0. The van der Waals surface area contributed by atoms with Crippen LogP contribution in [0.4, 0.5) is 5.82 Å². The van der Waals surface area contributed by atoms with E-state index in [0.29, 0.717) is 17.9 Å². The van der Waals surface area contributed by atoms with Crippen molar-refractivity contribution < 1.29 is 9.53 Å². The Morgan fingerprint density at radius 1 is 1.24 bits per heavy atom. The van der Waals surface area contributed by atoms with E-state index in [0.717, 1.165) is 67.9 Å². The lowest BCUT2D eigenvalue weighted by Crippen LogP contribution is -2.46. The molecule has 0 radical (unpaired) electrons. The van der Waals surface area contributed by atoms with Crippen LogP contribution in [0.15, 0.2) is 36.8 Å². The van der Waals surface area contributed by atoms with Gasteiger partial charge in [-0.3, -0.25) is 4.79 Å². The van der Waals surface area contributed by atoms with Crippen LogP contribution >= 0.6 is 0 Å². The third kappa shape index (κ3) is 3.88. The normalized spacial score (nSPS) is 20.4. The highest BCUT2D eigenvalue weighted by Gasteiger charge is 2.42. The number of carbonyl (C=O) groups is 1. The van der Waals surface area contributed by atoms with Crippen molar-refractivity contribution in [2.24, 2.45) is 5.41 Å². The van der Waals surface area contributed by atoms with Gasteiger partial charge < -0.3 is 14.5 Å². The molecule has 1 spiro atoms. The summed E-state index contributed by atoms with van der Waals surface area (Å²) in [5.74, 6) is 1.82. The molecule has 1 amide bonds. The third-order valence-electron chi connectivity index (χ3n) is 6.95. The molecule has 2 aliphatic rings. The lowest BCUT2D eigenvalue weighted by molar-refractivity contribution is -0.132. The van der Waals surface area contributed by atoms with Crippen molar-refractivity contribution in [1.29, 1.82) is 5.26 Å². The Balaban J connectivity index is 1.42. The predicted molar refractivity (Wildman–Crippen MR) is 125 cm³/mol. The highest BCUT2D eigenvalue weighted by Crippen LogP contribution is 2.40. The van der Waals surface area contributed by atoms with Gasteiger partial charge in [0.05, 0.1) is 30.1 Å². The first-order valence-corrected chi connectivity index (χ1v) is 11.5. The number of nitrogens with zero attached hydrogens (tertiary/aromatic N) is 6. The second-order valence-electron chi connectivity index (χ2n) is 9.11. The molecule has 2 fully saturated rings. The van der Waals surface area contributed by atoms with Gasteiger partial charge >= 0.3 is 0 Å². The minimum Gasteiger partial charge on any atom is -0.492 e. The molecule has 0 N–H and O–H groups in total. The van der Waals surface area contributed by atoms with Crippen LogP contribution in [0.3, 0.4) is 0 Å². The fourth-order valence-corrected chi connectivity index (χ4v) is 5.32. The summed E-state index contributed by atoms with van der Waals surface area (Å²) in [5.41, 5.74) is 3.22. The van der Waals surface area contributed by atoms with Gasteiger partial charge in [0.15, 0.2) is 0 Å². The Hall–Kier alpha value is -3.60. The molecule has 5 heterocycles. The molecular weight excluding hydrogens is 416 g/mol. The molecule has 3 aromatic rings. The van der Waals surface area contributed by atoms with E-state index in [-0.39, 0.29) is 11.3 Å². The minimum atomic E-state index is 0.168. The summed E-state index contributed by atoms with van der Waals surface area (Å²) in [6.45, 7) is 7.75. The molecule has 0 saturated carbocycles. The van der Waals surface area contributed by atoms with Gasteiger partial charge in [-0.05, 0) is 44.4 Å². The van der Waals surface area contributed by atoms with Crippen LogP contribution in [0.1, 0.15) is 38.7 Å². The van der Waals surface area contributed by atoms with Crippen LogP contribution in [-0.2, 0) is 4.79 Å². The number of anilines is 1. The van der Waals surface area contributed by atoms with E-state index < -0.39 is 0 Å². The predicted octanol–water partition coefficient (Wildman–Crippen LogP) is 3.51. The summed E-state index contributed by atoms with van der Waals surface area (Å²) in [6, 6.07) is 8.28. The van der Waals surface area contributed by atoms with Crippen molar-refractivity contribution in [3.63, 3.8) is 0 Å². The first-order valence-electron chi connectivity index (χ1n) is 11.5. The zero-order valence-electron chi connectivity index (χ0n) is 19.1. The molecule has 5 rings (SSSR count). The number of hydrogen-bond acceptors (Lipinski definition) is 6. The number of pyridine rings is 2. The van der Waals surface area contributed by atoms with Gasteiger partial charge in [-0.1, -0.05) is 0 Å². The number of likely N-dealkylation sites (tertiary alicyclic amines) is 1. The van der Waals surface area contributed by atoms with Gasteiger partial charge in [0.25, 0.3) is 0 Å². The topological polar surface area (TPSA) is 86.8 Å². The first kappa shape index (κ1) is 21.3. The molecule has 1 atom stereocenters. The summed E-state index contributed by atoms with van der Waals surface area (Å²) < 4.78 is 7.41. The molecule has 1 unspecified atom stereocenters. The standard InChI is InChI=1S/C25H28N6O2/c1-3-33-21-11-22(24-20(12-26)14-28-31(24)15-21)19-5-6-23(27-13-19)30-10-8-25(17-30)7-4-9-29(16-25)18(2)32/h5-6,11,13-15H,3-4,7-10,16-17H2,1-2H3. The Morgan fingerprint density at radius 2 is 2.12 bits per heavy atom. The van der Waals surface area contributed by atoms with Crippen LogP contribution < -0.4 is 9.64 Å². The van der Waals surface area contributed by atoms with Crippen LogP contribution in [0.5, 0.6) is 5.75 Å².